The predicted molar refractivity (Wildman–Crippen MR) is 125 cm³/mol. The van der Waals surface area contributed by atoms with Gasteiger partial charge in [-0.2, -0.15) is 0 Å². The van der Waals surface area contributed by atoms with Crippen LogP contribution in [0.3, 0.4) is 0 Å². The molecule has 2 amide bonds. The van der Waals surface area contributed by atoms with Crippen LogP contribution >= 0.6 is 11.6 Å². The zero-order valence-corrected chi connectivity index (χ0v) is 19.0. The minimum atomic E-state index is -0.478. The molecule has 0 saturated carbocycles. The second-order valence-electron chi connectivity index (χ2n) is 7.53. The molecule has 0 unspecified atom stereocenters. The number of amides is 2. The SMILES string of the molecule is CC(=O)NCCNc1cc(N2CCN(C(=O)CC[N+](=O)[O-])CC2)nc(-c2ccc(Cl)cc2)n1. The molecule has 2 heterocycles. The van der Waals surface area contributed by atoms with Crippen LogP contribution < -0.4 is 15.5 Å². The maximum atomic E-state index is 12.2. The fourth-order valence-electron chi connectivity index (χ4n) is 3.37. The number of rotatable bonds is 9. The van der Waals surface area contributed by atoms with E-state index >= 15 is 0 Å². The number of carbonyl (C=O) groups excluding carboxylic acids is 2. The number of piperazine rings is 1. The Labute approximate surface area is 196 Å². The van der Waals surface area contributed by atoms with Crippen molar-refractivity contribution in [2.45, 2.75) is 13.3 Å². The van der Waals surface area contributed by atoms with Gasteiger partial charge in [0.2, 0.25) is 18.4 Å². The normalized spacial score (nSPS) is 13.5. The van der Waals surface area contributed by atoms with Crippen molar-refractivity contribution in [1.82, 2.24) is 20.2 Å². The van der Waals surface area contributed by atoms with E-state index in [2.05, 4.69) is 20.5 Å². The van der Waals surface area contributed by atoms with Crippen LogP contribution in [-0.4, -0.2) is 77.4 Å². The van der Waals surface area contributed by atoms with Gasteiger partial charge in [-0.1, -0.05) is 11.6 Å². The average Bonchev–Trinajstić information content (AvgIpc) is 2.80. The molecule has 0 atom stereocenters. The highest BCUT2D eigenvalue weighted by Gasteiger charge is 2.23. The molecule has 2 aromatic rings. The van der Waals surface area contributed by atoms with Gasteiger partial charge in [0.05, 0.1) is 6.42 Å². The molecule has 1 aliphatic heterocycles. The zero-order valence-electron chi connectivity index (χ0n) is 18.3. The van der Waals surface area contributed by atoms with Crippen LogP contribution in [0.1, 0.15) is 13.3 Å². The van der Waals surface area contributed by atoms with Crippen molar-refractivity contribution >= 4 is 35.1 Å². The molecule has 1 aliphatic rings. The van der Waals surface area contributed by atoms with Crippen molar-refractivity contribution in [3.63, 3.8) is 0 Å². The predicted octanol–water partition coefficient (Wildman–Crippen LogP) is 1.66. The lowest BCUT2D eigenvalue weighted by Gasteiger charge is -2.35. The highest BCUT2D eigenvalue weighted by atomic mass is 35.5. The molecule has 0 spiro atoms. The first-order valence-electron chi connectivity index (χ1n) is 10.6. The highest BCUT2D eigenvalue weighted by molar-refractivity contribution is 6.30. The Kier molecular flexibility index (Phi) is 8.36. The van der Waals surface area contributed by atoms with E-state index in [1.54, 1.807) is 17.0 Å². The largest absolute Gasteiger partial charge is 0.368 e. The summed E-state index contributed by atoms with van der Waals surface area (Å²) in [4.78, 5) is 46.3. The number of halogens is 1. The van der Waals surface area contributed by atoms with Crippen molar-refractivity contribution in [1.29, 1.82) is 0 Å². The van der Waals surface area contributed by atoms with E-state index in [-0.39, 0.29) is 24.8 Å². The lowest BCUT2D eigenvalue weighted by atomic mass is 10.2. The van der Waals surface area contributed by atoms with Gasteiger partial charge in [0, 0.05) is 67.8 Å². The van der Waals surface area contributed by atoms with Crippen LogP contribution in [0.5, 0.6) is 0 Å². The molecule has 33 heavy (non-hydrogen) atoms. The summed E-state index contributed by atoms with van der Waals surface area (Å²) in [7, 11) is 0. The zero-order chi connectivity index (χ0) is 23.8. The van der Waals surface area contributed by atoms with Gasteiger partial charge in [0.25, 0.3) is 0 Å². The number of carbonyl (C=O) groups is 2. The van der Waals surface area contributed by atoms with Gasteiger partial charge in [-0.05, 0) is 24.3 Å². The van der Waals surface area contributed by atoms with Gasteiger partial charge in [-0.15, -0.1) is 0 Å². The van der Waals surface area contributed by atoms with Crippen LogP contribution in [-0.2, 0) is 9.59 Å². The summed E-state index contributed by atoms with van der Waals surface area (Å²) in [6.45, 7) is 4.07. The Bertz CT molecular complexity index is 995. The molecule has 0 aliphatic carbocycles. The van der Waals surface area contributed by atoms with Crippen molar-refractivity contribution in [2.75, 3.05) is 56.0 Å². The Morgan fingerprint density at radius 2 is 1.82 bits per heavy atom. The third kappa shape index (κ3) is 7.28. The second kappa shape index (κ2) is 11.4. The van der Waals surface area contributed by atoms with Gasteiger partial charge < -0.3 is 20.4 Å². The molecule has 12 heteroatoms. The molecule has 1 aromatic carbocycles. The third-order valence-corrected chi connectivity index (χ3v) is 5.34. The molecule has 0 radical (unpaired) electrons. The summed E-state index contributed by atoms with van der Waals surface area (Å²) in [5, 5.41) is 17.1. The standard InChI is InChI=1S/C21H26ClN7O4/c1-15(30)23-7-8-24-18-14-19(26-21(25-18)16-2-4-17(22)5-3-16)27-10-12-28(13-11-27)20(31)6-9-29(32)33/h2-5,14H,6-13H2,1H3,(H,23,30)(H,24,25,26). The molecule has 1 saturated heterocycles. The van der Waals surface area contributed by atoms with Crippen molar-refractivity contribution < 1.29 is 14.5 Å². The Morgan fingerprint density at radius 1 is 1.12 bits per heavy atom. The topological polar surface area (TPSA) is 134 Å². The minimum Gasteiger partial charge on any atom is -0.368 e. The number of anilines is 2. The number of aromatic nitrogens is 2. The third-order valence-electron chi connectivity index (χ3n) is 5.08. The average molecular weight is 476 g/mol. The molecule has 1 aromatic heterocycles. The number of hydrogen-bond acceptors (Lipinski definition) is 8. The molecular formula is C21H26ClN7O4. The van der Waals surface area contributed by atoms with Gasteiger partial charge in [0.15, 0.2) is 5.82 Å². The number of nitro groups is 1. The number of nitrogens with zero attached hydrogens (tertiary/aromatic N) is 5. The van der Waals surface area contributed by atoms with Gasteiger partial charge in [-0.3, -0.25) is 19.7 Å². The van der Waals surface area contributed by atoms with Crippen LogP contribution in [0.15, 0.2) is 30.3 Å². The fourth-order valence-corrected chi connectivity index (χ4v) is 3.50. The lowest BCUT2D eigenvalue weighted by molar-refractivity contribution is -0.478. The maximum Gasteiger partial charge on any atom is 0.229 e. The molecule has 2 N–H and O–H groups in total. The lowest BCUT2D eigenvalue weighted by Crippen LogP contribution is -2.49. The van der Waals surface area contributed by atoms with Crippen molar-refractivity contribution in [3.8, 4) is 11.4 Å². The Balaban J connectivity index is 1.73. The molecule has 176 valence electrons. The Morgan fingerprint density at radius 3 is 2.45 bits per heavy atom. The van der Waals surface area contributed by atoms with E-state index in [1.807, 2.05) is 18.2 Å². The summed E-state index contributed by atoms with van der Waals surface area (Å²) in [6, 6.07) is 9.05. The summed E-state index contributed by atoms with van der Waals surface area (Å²) in [6.07, 6.45) is -0.0937. The smallest absolute Gasteiger partial charge is 0.229 e. The van der Waals surface area contributed by atoms with Crippen LogP contribution in [0.25, 0.3) is 11.4 Å². The van der Waals surface area contributed by atoms with Crippen molar-refractivity contribution in [3.05, 3.63) is 45.5 Å². The summed E-state index contributed by atoms with van der Waals surface area (Å²) < 4.78 is 0. The summed E-state index contributed by atoms with van der Waals surface area (Å²) in [5.74, 6) is 1.52. The Hall–Kier alpha value is -3.47. The van der Waals surface area contributed by atoms with Gasteiger partial charge in [-0.25, -0.2) is 9.97 Å². The second-order valence-corrected chi connectivity index (χ2v) is 7.96. The van der Waals surface area contributed by atoms with Crippen LogP contribution in [0, 0.1) is 10.1 Å². The monoisotopic (exact) mass is 475 g/mol. The van der Waals surface area contributed by atoms with E-state index in [0.29, 0.717) is 61.8 Å². The number of hydrogen-bond donors (Lipinski definition) is 2. The number of benzene rings is 1. The maximum absolute atomic E-state index is 12.2. The van der Waals surface area contributed by atoms with E-state index in [4.69, 9.17) is 16.6 Å². The fraction of sp³-hybridized carbons (Fsp3) is 0.429. The van der Waals surface area contributed by atoms with Crippen LogP contribution in [0.4, 0.5) is 11.6 Å². The molecule has 1 fully saturated rings. The van der Waals surface area contributed by atoms with E-state index < -0.39 is 4.92 Å². The first-order valence-corrected chi connectivity index (χ1v) is 11.0. The summed E-state index contributed by atoms with van der Waals surface area (Å²) >= 11 is 6.01. The molecule has 0 bridgehead atoms. The van der Waals surface area contributed by atoms with E-state index in [9.17, 15) is 19.7 Å². The van der Waals surface area contributed by atoms with Gasteiger partial charge >= 0.3 is 0 Å². The summed E-state index contributed by atoms with van der Waals surface area (Å²) in [5.41, 5.74) is 0.805. The van der Waals surface area contributed by atoms with E-state index in [1.165, 1.54) is 6.92 Å². The molecular weight excluding hydrogens is 450 g/mol. The first kappa shape index (κ1) is 24.2. The first-order chi connectivity index (χ1) is 15.8. The van der Waals surface area contributed by atoms with Crippen molar-refractivity contribution in [2.24, 2.45) is 0 Å². The molecule has 3 rings (SSSR count). The quantitative estimate of drug-likeness (QED) is 0.318. The molecule has 11 nitrogen and oxygen atoms in total. The number of nitrogens with one attached hydrogen (secondary N) is 2. The van der Waals surface area contributed by atoms with Crippen LogP contribution in [0.2, 0.25) is 5.02 Å². The van der Waals surface area contributed by atoms with E-state index in [0.717, 1.165) is 5.56 Å². The highest BCUT2D eigenvalue weighted by Crippen LogP contribution is 2.24. The minimum absolute atomic E-state index is 0.0937. The van der Waals surface area contributed by atoms with Gasteiger partial charge in [0.1, 0.15) is 11.6 Å².